The number of carbonyl (C=O) groups is 1. The van der Waals surface area contributed by atoms with E-state index in [0.717, 1.165) is 65.2 Å². The van der Waals surface area contributed by atoms with E-state index in [1.165, 1.54) is 11.3 Å². The summed E-state index contributed by atoms with van der Waals surface area (Å²) >= 11 is 7.77. The number of pyridine rings is 1. The molecular formula is C34H31ClN4O3S. The molecule has 0 amide bonds. The molecule has 3 aromatic carbocycles. The lowest BCUT2D eigenvalue weighted by atomic mass is 9.91. The topological polar surface area (TPSA) is 90.1 Å². The maximum absolute atomic E-state index is 12.6. The van der Waals surface area contributed by atoms with Crippen molar-refractivity contribution in [3.05, 3.63) is 88.7 Å². The van der Waals surface area contributed by atoms with Crippen molar-refractivity contribution in [3.8, 4) is 33.0 Å². The Morgan fingerprint density at radius 2 is 1.74 bits per heavy atom. The second-order valence-electron chi connectivity index (χ2n) is 11.7. The van der Waals surface area contributed by atoms with Gasteiger partial charge >= 0.3 is 5.97 Å². The first kappa shape index (κ1) is 29.0. The average Bonchev–Trinajstić information content (AvgIpc) is 3.55. The highest BCUT2D eigenvalue weighted by Crippen LogP contribution is 2.44. The van der Waals surface area contributed by atoms with Crippen LogP contribution < -0.4 is 0 Å². The molecule has 7 nitrogen and oxygen atoms in total. The molecule has 0 saturated carbocycles. The third-order valence-corrected chi connectivity index (χ3v) is 8.73. The van der Waals surface area contributed by atoms with Crippen molar-refractivity contribution < 1.29 is 14.6 Å². The molecule has 0 saturated heterocycles. The predicted octanol–water partition coefficient (Wildman–Crippen LogP) is 8.79. The second kappa shape index (κ2) is 10.9. The molecule has 1 atom stereocenters. The molecule has 0 spiro atoms. The number of aryl methyl sites for hydroxylation is 3. The van der Waals surface area contributed by atoms with Crippen molar-refractivity contribution in [3.63, 3.8) is 0 Å². The SMILES string of the molecule is Cc1cc2nc(-c3ccnc(-c4cc(C)c5c(cnn5C)c4)c3)sc2c(-c2ccc(Cl)cc2)c1[C@H](OC(C)(C)C)C(=O)O. The van der Waals surface area contributed by atoms with Crippen LogP contribution in [-0.2, 0) is 16.6 Å². The molecule has 0 bridgehead atoms. The number of rotatable bonds is 6. The summed E-state index contributed by atoms with van der Waals surface area (Å²) in [6, 6.07) is 17.6. The third kappa shape index (κ3) is 5.54. The van der Waals surface area contributed by atoms with Crippen LogP contribution in [0.2, 0.25) is 5.02 Å². The number of aromatic nitrogens is 4. The Morgan fingerprint density at radius 1 is 1.00 bits per heavy atom. The number of hydrogen-bond donors (Lipinski definition) is 1. The summed E-state index contributed by atoms with van der Waals surface area (Å²) in [5.74, 6) is -1.04. The Bertz CT molecular complexity index is 2020. The van der Waals surface area contributed by atoms with Gasteiger partial charge in [0.15, 0.2) is 6.10 Å². The molecule has 1 N–H and O–H groups in total. The Hall–Kier alpha value is -4.11. The number of aliphatic carboxylic acids is 1. The molecule has 218 valence electrons. The Morgan fingerprint density at radius 3 is 2.44 bits per heavy atom. The number of halogens is 1. The first-order valence-corrected chi connectivity index (χ1v) is 15.1. The van der Waals surface area contributed by atoms with Gasteiger partial charge in [-0.2, -0.15) is 5.10 Å². The number of benzene rings is 3. The number of carboxylic acid groups (broad SMARTS) is 1. The fourth-order valence-electron chi connectivity index (χ4n) is 5.59. The van der Waals surface area contributed by atoms with Crippen molar-refractivity contribution in [2.24, 2.45) is 7.05 Å². The van der Waals surface area contributed by atoms with Gasteiger partial charge in [-0.1, -0.05) is 23.7 Å². The maximum Gasteiger partial charge on any atom is 0.337 e. The number of ether oxygens (including phenoxy) is 1. The minimum absolute atomic E-state index is 0.601. The Kier molecular flexibility index (Phi) is 7.32. The summed E-state index contributed by atoms with van der Waals surface area (Å²) in [6.45, 7) is 9.57. The lowest BCUT2D eigenvalue weighted by Crippen LogP contribution is -2.28. The van der Waals surface area contributed by atoms with Crippen LogP contribution in [0.4, 0.5) is 0 Å². The summed E-state index contributed by atoms with van der Waals surface area (Å²) in [4.78, 5) is 22.4. The van der Waals surface area contributed by atoms with Gasteiger partial charge in [-0.05, 0) is 93.8 Å². The molecule has 0 aliphatic carbocycles. The van der Waals surface area contributed by atoms with Crippen molar-refractivity contribution in [2.75, 3.05) is 0 Å². The van der Waals surface area contributed by atoms with Crippen LogP contribution in [0.15, 0.2) is 67.0 Å². The van der Waals surface area contributed by atoms with Crippen LogP contribution in [0.3, 0.4) is 0 Å². The van der Waals surface area contributed by atoms with Crippen LogP contribution in [0.25, 0.3) is 54.1 Å². The van der Waals surface area contributed by atoms with E-state index in [-0.39, 0.29) is 0 Å². The van der Waals surface area contributed by atoms with Gasteiger partial charge in [-0.25, -0.2) is 9.78 Å². The van der Waals surface area contributed by atoms with Gasteiger partial charge in [0, 0.05) is 45.9 Å². The van der Waals surface area contributed by atoms with E-state index in [0.29, 0.717) is 10.6 Å². The molecule has 3 aromatic heterocycles. The van der Waals surface area contributed by atoms with Crippen LogP contribution in [0, 0.1) is 13.8 Å². The highest BCUT2D eigenvalue weighted by Gasteiger charge is 2.32. The minimum atomic E-state index is -1.17. The van der Waals surface area contributed by atoms with Crippen molar-refractivity contribution >= 4 is 50.0 Å². The normalized spacial score (nSPS) is 12.7. The van der Waals surface area contributed by atoms with Crippen LogP contribution in [-0.4, -0.2) is 36.4 Å². The number of fused-ring (bicyclic) bond motifs is 2. The van der Waals surface area contributed by atoms with Gasteiger partial charge in [-0.15, -0.1) is 11.3 Å². The summed E-state index contributed by atoms with van der Waals surface area (Å²) in [5.41, 5.74) is 8.16. The predicted molar refractivity (Wildman–Crippen MR) is 174 cm³/mol. The average molecular weight is 611 g/mol. The highest BCUT2D eigenvalue weighted by molar-refractivity contribution is 7.22. The largest absolute Gasteiger partial charge is 0.479 e. The van der Waals surface area contributed by atoms with Crippen molar-refractivity contribution in [1.29, 1.82) is 0 Å². The lowest BCUT2D eigenvalue weighted by molar-refractivity contribution is -0.160. The summed E-state index contributed by atoms with van der Waals surface area (Å²) in [6.07, 6.45) is 2.50. The summed E-state index contributed by atoms with van der Waals surface area (Å²) in [7, 11) is 1.94. The number of carboxylic acids is 1. The Labute approximate surface area is 258 Å². The van der Waals surface area contributed by atoms with Crippen LogP contribution in [0.5, 0.6) is 0 Å². The standard InChI is InChI=1S/C34H31ClN4O3S/c1-18-14-26-31(28(20-7-9-24(35)10-8-20)27(18)30(33(40)41)42-34(3,4)5)43-32(38-26)21-11-12-36-25(16-21)22-13-19(2)29-23(15-22)17-37-39(29)6/h7-17,30H,1-6H3,(H,40,41)/t30-/m0/s1. The van der Waals surface area contributed by atoms with Gasteiger partial charge in [0.1, 0.15) is 5.01 Å². The maximum atomic E-state index is 12.6. The van der Waals surface area contributed by atoms with E-state index in [4.69, 9.17) is 21.3 Å². The van der Waals surface area contributed by atoms with Gasteiger partial charge in [-0.3, -0.25) is 9.67 Å². The van der Waals surface area contributed by atoms with E-state index in [2.05, 4.69) is 29.1 Å². The zero-order chi connectivity index (χ0) is 30.6. The number of thiazole rings is 1. The fourth-order valence-corrected chi connectivity index (χ4v) is 6.83. The van der Waals surface area contributed by atoms with E-state index in [1.807, 2.05) is 88.1 Å². The highest BCUT2D eigenvalue weighted by atomic mass is 35.5. The van der Waals surface area contributed by atoms with E-state index in [1.54, 1.807) is 6.20 Å². The molecule has 0 aliphatic rings. The lowest BCUT2D eigenvalue weighted by Gasteiger charge is -2.28. The molecule has 6 rings (SSSR count). The molecule has 6 aromatic rings. The van der Waals surface area contributed by atoms with Crippen molar-refractivity contribution in [1.82, 2.24) is 19.7 Å². The van der Waals surface area contributed by atoms with E-state index in [9.17, 15) is 9.90 Å². The number of hydrogen-bond acceptors (Lipinski definition) is 6. The monoisotopic (exact) mass is 610 g/mol. The van der Waals surface area contributed by atoms with Gasteiger partial charge in [0.05, 0.1) is 33.2 Å². The van der Waals surface area contributed by atoms with Crippen LogP contribution in [0.1, 0.15) is 43.6 Å². The smallest absolute Gasteiger partial charge is 0.337 e. The van der Waals surface area contributed by atoms with Crippen LogP contribution >= 0.6 is 22.9 Å². The molecule has 0 radical (unpaired) electrons. The quantitative estimate of drug-likeness (QED) is 0.203. The minimum Gasteiger partial charge on any atom is -0.479 e. The fraction of sp³-hybridized carbons (Fsp3) is 0.235. The third-order valence-electron chi connectivity index (χ3n) is 7.34. The first-order chi connectivity index (χ1) is 20.4. The molecule has 43 heavy (non-hydrogen) atoms. The molecule has 9 heteroatoms. The second-order valence-corrected chi connectivity index (χ2v) is 13.2. The zero-order valence-electron chi connectivity index (χ0n) is 24.8. The molecule has 0 fully saturated rings. The van der Waals surface area contributed by atoms with E-state index >= 15 is 0 Å². The van der Waals surface area contributed by atoms with Gasteiger partial charge in [0.2, 0.25) is 0 Å². The van der Waals surface area contributed by atoms with E-state index < -0.39 is 17.7 Å². The molecule has 0 unspecified atom stereocenters. The van der Waals surface area contributed by atoms with Gasteiger partial charge < -0.3 is 9.84 Å². The molecular weight excluding hydrogens is 580 g/mol. The molecule has 3 heterocycles. The summed E-state index contributed by atoms with van der Waals surface area (Å²) in [5, 5.41) is 17.2. The summed E-state index contributed by atoms with van der Waals surface area (Å²) < 4.78 is 8.91. The first-order valence-electron chi connectivity index (χ1n) is 13.9. The van der Waals surface area contributed by atoms with Crippen molar-refractivity contribution in [2.45, 2.75) is 46.3 Å². The number of nitrogens with zero attached hydrogens (tertiary/aromatic N) is 4. The zero-order valence-corrected chi connectivity index (χ0v) is 26.3. The Balaban J connectivity index is 1.54. The molecule has 0 aliphatic heterocycles. The van der Waals surface area contributed by atoms with Gasteiger partial charge in [0.25, 0.3) is 0 Å².